The Hall–Kier alpha value is -1.83. The fourth-order valence-corrected chi connectivity index (χ4v) is 2.12. The Labute approximate surface area is 107 Å². The fraction of sp³-hybridized carbons (Fsp3) is 0.312. The molecule has 1 unspecified atom stereocenters. The molecule has 1 saturated carbocycles. The van der Waals surface area contributed by atoms with Gasteiger partial charge in [-0.3, -0.25) is 4.79 Å². The molecule has 2 aromatic rings. The van der Waals surface area contributed by atoms with Crippen LogP contribution in [0, 0.1) is 5.92 Å². The number of carbonyl (C=O) groups is 1. The van der Waals surface area contributed by atoms with Crippen LogP contribution in [0.15, 0.2) is 42.5 Å². The van der Waals surface area contributed by atoms with E-state index in [1.54, 1.807) is 0 Å². The molecule has 1 aliphatic rings. The van der Waals surface area contributed by atoms with Gasteiger partial charge in [-0.05, 0) is 42.2 Å². The molecule has 1 fully saturated rings. The van der Waals surface area contributed by atoms with E-state index < -0.39 is 0 Å². The van der Waals surface area contributed by atoms with Crippen molar-refractivity contribution in [1.82, 2.24) is 0 Å². The average Bonchev–Trinajstić information content (AvgIpc) is 3.22. The van der Waals surface area contributed by atoms with Crippen LogP contribution in [0.5, 0.6) is 0 Å². The van der Waals surface area contributed by atoms with Gasteiger partial charge in [0.2, 0.25) is 0 Å². The Bertz CT molecular complexity index is 584. The van der Waals surface area contributed by atoms with Crippen molar-refractivity contribution in [1.29, 1.82) is 0 Å². The third-order valence-electron chi connectivity index (χ3n) is 3.45. The van der Waals surface area contributed by atoms with E-state index >= 15 is 0 Å². The van der Waals surface area contributed by atoms with Crippen molar-refractivity contribution in [2.75, 3.05) is 0 Å². The van der Waals surface area contributed by atoms with Crippen LogP contribution in [-0.2, 0) is 9.53 Å². The largest absolute Gasteiger partial charge is 0.458 e. The second kappa shape index (κ2) is 4.45. The first-order valence-electron chi connectivity index (χ1n) is 6.43. The van der Waals surface area contributed by atoms with E-state index in [0.717, 1.165) is 18.4 Å². The second-order valence-electron chi connectivity index (χ2n) is 4.96. The lowest BCUT2D eigenvalue weighted by Crippen LogP contribution is -2.10. The third kappa shape index (κ3) is 2.23. The van der Waals surface area contributed by atoms with Gasteiger partial charge < -0.3 is 4.74 Å². The van der Waals surface area contributed by atoms with Gasteiger partial charge in [0, 0.05) is 0 Å². The van der Waals surface area contributed by atoms with Gasteiger partial charge in [-0.15, -0.1) is 0 Å². The van der Waals surface area contributed by atoms with Gasteiger partial charge in [-0.1, -0.05) is 36.4 Å². The van der Waals surface area contributed by atoms with Crippen LogP contribution in [0.25, 0.3) is 10.8 Å². The topological polar surface area (TPSA) is 26.3 Å². The Morgan fingerprint density at radius 2 is 1.89 bits per heavy atom. The zero-order valence-corrected chi connectivity index (χ0v) is 10.4. The molecule has 18 heavy (non-hydrogen) atoms. The van der Waals surface area contributed by atoms with Crippen molar-refractivity contribution in [3.63, 3.8) is 0 Å². The predicted octanol–water partition coefficient (Wildman–Crippen LogP) is 3.85. The zero-order valence-electron chi connectivity index (χ0n) is 10.4. The molecular formula is C16H16O2. The number of carbonyl (C=O) groups excluding carboxylic acids is 1. The molecule has 3 rings (SSSR count). The monoisotopic (exact) mass is 240 g/mol. The van der Waals surface area contributed by atoms with Gasteiger partial charge in [-0.2, -0.15) is 0 Å². The van der Waals surface area contributed by atoms with Crippen LogP contribution < -0.4 is 0 Å². The average molecular weight is 240 g/mol. The number of hydrogen-bond acceptors (Lipinski definition) is 2. The standard InChI is InChI=1S/C16H16O2/c1-11(18-16(17)13-7-8-13)14-9-6-12-4-2-3-5-15(12)10-14/h2-6,9-11,13H,7-8H2,1H3. The lowest BCUT2D eigenvalue weighted by atomic mass is 10.0. The van der Waals surface area contributed by atoms with Gasteiger partial charge in [0.05, 0.1) is 5.92 Å². The number of esters is 1. The van der Waals surface area contributed by atoms with E-state index in [-0.39, 0.29) is 18.0 Å². The quantitative estimate of drug-likeness (QED) is 0.762. The number of ether oxygens (including phenoxy) is 1. The highest BCUT2D eigenvalue weighted by molar-refractivity contribution is 5.83. The molecule has 2 aromatic carbocycles. The molecule has 0 bridgehead atoms. The van der Waals surface area contributed by atoms with E-state index in [1.807, 2.05) is 25.1 Å². The van der Waals surface area contributed by atoms with E-state index in [9.17, 15) is 4.79 Å². The number of benzene rings is 2. The molecule has 0 radical (unpaired) electrons. The van der Waals surface area contributed by atoms with E-state index in [4.69, 9.17) is 4.74 Å². The molecule has 1 aliphatic carbocycles. The zero-order chi connectivity index (χ0) is 12.5. The summed E-state index contributed by atoms with van der Waals surface area (Å²) in [6.07, 6.45) is 1.81. The minimum absolute atomic E-state index is 0.0457. The van der Waals surface area contributed by atoms with Gasteiger partial charge in [-0.25, -0.2) is 0 Å². The van der Waals surface area contributed by atoms with E-state index in [2.05, 4.69) is 24.3 Å². The van der Waals surface area contributed by atoms with Crippen molar-refractivity contribution in [2.45, 2.75) is 25.9 Å². The first-order valence-corrected chi connectivity index (χ1v) is 6.43. The molecule has 0 spiro atoms. The predicted molar refractivity (Wildman–Crippen MR) is 71.2 cm³/mol. The summed E-state index contributed by atoms with van der Waals surface area (Å²) in [5.74, 6) is 0.114. The van der Waals surface area contributed by atoms with Crippen molar-refractivity contribution in [3.05, 3.63) is 48.0 Å². The Kier molecular flexibility index (Phi) is 2.78. The highest BCUT2D eigenvalue weighted by Crippen LogP contribution is 2.32. The summed E-state index contributed by atoms with van der Waals surface area (Å²) in [5.41, 5.74) is 1.06. The molecule has 0 N–H and O–H groups in total. The van der Waals surface area contributed by atoms with E-state index in [0.29, 0.717) is 0 Å². The maximum Gasteiger partial charge on any atom is 0.309 e. The van der Waals surface area contributed by atoms with Crippen LogP contribution >= 0.6 is 0 Å². The summed E-state index contributed by atoms with van der Waals surface area (Å²) in [6.45, 7) is 1.93. The fourth-order valence-electron chi connectivity index (χ4n) is 2.12. The van der Waals surface area contributed by atoms with Crippen LogP contribution in [0.1, 0.15) is 31.4 Å². The molecule has 2 heteroatoms. The van der Waals surface area contributed by atoms with Crippen molar-refractivity contribution in [3.8, 4) is 0 Å². The first-order chi connectivity index (χ1) is 8.74. The highest BCUT2D eigenvalue weighted by atomic mass is 16.5. The maximum atomic E-state index is 11.6. The summed E-state index contributed by atoms with van der Waals surface area (Å²) < 4.78 is 5.47. The Morgan fingerprint density at radius 1 is 1.17 bits per heavy atom. The minimum atomic E-state index is -0.164. The van der Waals surface area contributed by atoms with Crippen LogP contribution in [0.4, 0.5) is 0 Å². The van der Waals surface area contributed by atoms with Gasteiger partial charge in [0.25, 0.3) is 0 Å². The molecule has 0 saturated heterocycles. The molecule has 1 atom stereocenters. The van der Waals surface area contributed by atoms with E-state index in [1.165, 1.54) is 10.8 Å². The van der Waals surface area contributed by atoms with Crippen LogP contribution in [-0.4, -0.2) is 5.97 Å². The molecule has 0 amide bonds. The first kappa shape index (κ1) is 11.3. The summed E-state index contributed by atoms with van der Waals surface area (Å²) >= 11 is 0. The molecule has 0 heterocycles. The van der Waals surface area contributed by atoms with Crippen molar-refractivity contribution in [2.24, 2.45) is 5.92 Å². The smallest absolute Gasteiger partial charge is 0.309 e. The Balaban J connectivity index is 1.82. The van der Waals surface area contributed by atoms with Crippen molar-refractivity contribution >= 4 is 16.7 Å². The van der Waals surface area contributed by atoms with Crippen molar-refractivity contribution < 1.29 is 9.53 Å². The van der Waals surface area contributed by atoms with Crippen LogP contribution in [0.2, 0.25) is 0 Å². The summed E-state index contributed by atoms with van der Waals surface area (Å²) in [6, 6.07) is 14.4. The minimum Gasteiger partial charge on any atom is -0.458 e. The lowest BCUT2D eigenvalue weighted by Gasteiger charge is -2.14. The molecular weight excluding hydrogens is 224 g/mol. The number of fused-ring (bicyclic) bond motifs is 1. The highest BCUT2D eigenvalue weighted by Gasteiger charge is 2.32. The Morgan fingerprint density at radius 3 is 2.61 bits per heavy atom. The summed E-state index contributed by atoms with van der Waals surface area (Å²) in [5, 5.41) is 2.39. The molecule has 0 aliphatic heterocycles. The molecule has 92 valence electrons. The lowest BCUT2D eigenvalue weighted by molar-refractivity contribution is -0.150. The number of hydrogen-bond donors (Lipinski definition) is 0. The molecule has 0 aromatic heterocycles. The van der Waals surface area contributed by atoms with Gasteiger partial charge >= 0.3 is 5.97 Å². The normalized spacial score (nSPS) is 16.5. The number of rotatable bonds is 3. The summed E-state index contributed by atoms with van der Waals surface area (Å²) in [4.78, 5) is 11.6. The maximum absolute atomic E-state index is 11.6. The SMILES string of the molecule is CC(OC(=O)C1CC1)c1ccc2ccccc2c1. The second-order valence-corrected chi connectivity index (χ2v) is 4.96. The summed E-state index contributed by atoms with van der Waals surface area (Å²) in [7, 11) is 0. The van der Waals surface area contributed by atoms with Gasteiger partial charge in [0.15, 0.2) is 0 Å². The van der Waals surface area contributed by atoms with Crippen LogP contribution in [0.3, 0.4) is 0 Å². The third-order valence-corrected chi connectivity index (χ3v) is 3.45. The van der Waals surface area contributed by atoms with Gasteiger partial charge in [0.1, 0.15) is 6.10 Å². The molecule has 2 nitrogen and oxygen atoms in total.